The van der Waals surface area contributed by atoms with Crippen molar-refractivity contribution >= 4 is 6.03 Å². The van der Waals surface area contributed by atoms with Crippen molar-refractivity contribution in [2.45, 2.75) is 19.0 Å². The lowest BCUT2D eigenvalue weighted by atomic mass is 10.3. The van der Waals surface area contributed by atoms with Gasteiger partial charge in [-0.15, -0.1) is 0 Å². The van der Waals surface area contributed by atoms with E-state index < -0.39 is 0 Å². The van der Waals surface area contributed by atoms with Gasteiger partial charge in [0.05, 0.1) is 0 Å². The summed E-state index contributed by atoms with van der Waals surface area (Å²) in [5, 5.41) is 6.79. The Morgan fingerprint density at radius 2 is 2.55 bits per heavy atom. The van der Waals surface area contributed by atoms with Crippen LogP contribution in [0.15, 0.2) is 11.8 Å². The molecule has 1 N–H and O–H groups in total. The average Bonchev–Trinajstić information content (AvgIpc) is 2.53. The third-order valence-electron chi connectivity index (χ3n) is 2.53. The molecule has 0 aromatic carbocycles. The summed E-state index contributed by atoms with van der Waals surface area (Å²) in [5.41, 5.74) is 1.31. The Kier molecular flexibility index (Phi) is 0.754. The molecule has 4 nitrogen and oxygen atoms in total. The van der Waals surface area contributed by atoms with E-state index in [2.05, 4.69) is 16.4 Å². The Morgan fingerprint density at radius 1 is 1.64 bits per heavy atom. The Labute approximate surface area is 64.4 Å². The Bertz CT molecular complexity index is 260. The van der Waals surface area contributed by atoms with Gasteiger partial charge in [0, 0.05) is 25.1 Å². The van der Waals surface area contributed by atoms with Gasteiger partial charge < -0.3 is 5.32 Å². The molecule has 2 saturated heterocycles. The van der Waals surface area contributed by atoms with E-state index >= 15 is 0 Å². The van der Waals surface area contributed by atoms with Crippen LogP contribution in [-0.2, 0) is 0 Å². The maximum atomic E-state index is 11.2. The van der Waals surface area contributed by atoms with E-state index in [0.29, 0.717) is 0 Å². The molecule has 3 heterocycles. The minimum Gasteiger partial charge on any atom is -0.314 e. The van der Waals surface area contributed by atoms with Crippen molar-refractivity contribution in [3.05, 3.63) is 11.8 Å². The normalized spacial score (nSPS) is 32.5. The molecular formula is C7H9N3O. The summed E-state index contributed by atoms with van der Waals surface area (Å²) in [4.78, 5) is 11.2. The Balaban J connectivity index is 2.06. The quantitative estimate of drug-likeness (QED) is 0.538. The summed E-state index contributed by atoms with van der Waals surface area (Å²) >= 11 is 0. The smallest absolute Gasteiger partial charge is 0.314 e. The summed E-state index contributed by atoms with van der Waals surface area (Å²) in [6.45, 7) is 0.855. The molecule has 58 valence electrons. The van der Waals surface area contributed by atoms with Gasteiger partial charge in [-0.3, -0.25) is 5.01 Å². The summed E-state index contributed by atoms with van der Waals surface area (Å²) in [6.07, 6.45) is 4.45. The predicted octanol–water partition coefficient (Wildman–Crippen LogP) is 0.246. The largest absolute Gasteiger partial charge is 0.337 e. The molecule has 1 unspecified atom stereocenters. The molecule has 0 spiro atoms. The van der Waals surface area contributed by atoms with Crippen molar-refractivity contribution in [3.63, 3.8) is 0 Å². The van der Waals surface area contributed by atoms with Crippen molar-refractivity contribution in [2.24, 2.45) is 0 Å². The number of amides is 2. The molecule has 0 bridgehead atoms. The van der Waals surface area contributed by atoms with Crippen molar-refractivity contribution in [1.82, 2.24) is 15.3 Å². The third-order valence-corrected chi connectivity index (χ3v) is 2.53. The van der Waals surface area contributed by atoms with E-state index in [4.69, 9.17) is 0 Å². The number of hydrazine groups is 1. The van der Waals surface area contributed by atoms with E-state index in [1.54, 1.807) is 5.01 Å². The van der Waals surface area contributed by atoms with E-state index in [-0.39, 0.29) is 12.2 Å². The van der Waals surface area contributed by atoms with Crippen LogP contribution in [0.25, 0.3) is 0 Å². The zero-order valence-corrected chi connectivity index (χ0v) is 6.08. The summed E-state index contributed by atoms with van der Waals surface area (Å²) in [6, 6.07) is 0.0677. The van der Waals surface area contributed by atoms with Crippen LogP contribution in [0.4, 0.5) is 4.79 Å². The van der Waals surface area contributed by atoms with Crippen LogP contribution in [0.2, 0.25) is 0 Å². The van der Waals surface area contributed by atoms with Crippen LogP contribution >= 0.6 is 0 Å². The van der Waals surface area contributed by atoms with Crippen molar-refractivity contribution < 1.29 is 4.79 Å². The summed E-state index contributed by atoms with van der Waals surface area (Å²) in [5.74, 6) is 0. The standard InChI is InChI=1S/C7H9N3O/c11-7-8-6-2-1-5-3-4-9(7)10(5)6/h1,6H,2-4H2,(H,8,11). The fraction of sp³-hybridized carbons (Fsp3) is 0.571. The van der Waals surface area contributed by atoms with Gasteiger partial charge in [0.1, 0.15) is 6.17 Å². The van der Waals surface area contributed by atoms with Crippen molar-refractivity contribution in [3.8, 4) is 0 Å². The molecule has 11 heavy (non-hydrogen) atoms. The van der Waals surface area contributed by atoms with Crippen LogP contribution in [0, 0.1) is 0 Å². The van der Waals surface area contributed by atoms with Gasteiger partial charge in [-0.05, 0) is 0 Å². The highest BCUT2D eigenvalue weighted by atomic mass is 16.2. The van der Waals surface area contributed by atoms with Gasteiger partial charge in [-0.25, -0.2) is 9.80 Å². The molecule has 3 aliphatic heterocycles. The molecule has 0 aliphatic carbocycles. The molecule has 0 radical (unpaired) electrons. The van der Waals surface area contributed by atoms with Crippen LogP contribution in [0.5, 0.6) is 0 Å². The molecule has 4 heteroatoms. The van der Waals surface area contributed by atoms with Gasteiger partial charge in [-0.1, -0.05) is 6.08 Å². The lowest BCUT2D eigenvalue weighted by Crippen LogP contribution is -2.32. The molecular weight excluding hydrogens is 142 g/mol. The molecule has 2 amide bonds. The lowest BCUT2D eigenvalue weighted by molar-refractivity contribution is 0.107. The number of nitrogens with zero attached hydrogens (tertiary/aromatic N) is 2. The molecule has 3 aliphatic rings. The number of hydrogen-bond donors (Lipinski definition) is 1. The topological polar surface area (TPSA) is 35.6 Å². The van der Waals surface area contributed by atoms with Crippen molar-refractivity contribution in [1.29, 1.82) is 0 Å². The number of nitrogens with one attached hydrogen (secondary N) is 1. The van der Waals surface area contributed by atoms with Gasteiger partial charge in [-0.2, -0.15) is 0 Å². The summed E-state index contributed by atoms with van der Waals surface area (Å²) in [7, 11) is 0. The maximum absolute atomic E-state index is 11.2. The highest BCUT2D eigenvalue weighted by molar-refractivity contribution is 5.77. The number of carbonyl (C=O) groups is 1. The molecule has 2 fully saturated rings. The summed E-state index contributed by atoms with van der Waals surface area (Å²) < 4.78 is 0. The van der Waals surface area contributed by atoms with E-state index in [1.165, 1.54) is 5.70 Å². The SMILES string of the molecule is O=C1NC2CC=C3CCN1N32. The molecule has 0 aromatic heterocycles. The highest BCUT2D eigenvalue weighted by Gasteiger charge is 2.44. The minimum absolute atomic E-state index is 0.0677. The first-order valence-electron chi connectivity index (χ1n) is 3.92. The number of carbonyl (C=O) groups excluding carboxylic acids is 1. The zero-order chi connectivity index (χ0) is 7.42. The van der Waals surface area contributed by atoms with E-state index in [9.17, 15) is 4.79 Å². The Morgan fingerprint density at radius 3 is 3.45 bits per heavy atom. The van der Waals surface area contributed by atoms with Gasteiger partial charge in [0.25, 0.3) is 0 Å². The first-order valence-corrected chi connectivity index (χ1v) is 3.92. The number of hydrogen-bond acceptors (Lipinski definition) is 2. The second-order valence-electron chi connectivity index (χ2n) is 3.11. The van der Waals surface area contributed by atoms with Crippen LogP contribution < -0.4 is 5.32 Å². The Hall–Kier alpha value is -1.19. The monoisotopic (exact) mass is 151 g/mol. The zero-order valence-electron chi connectivity index (χ0n) is 6.08. The second-order valence-corrected chi connectivity index (χ2v) is 3.11. The van der Waals surface area contributed by atoms with Crippen molar-refractivity contribution in [2.75, 3.05) is 6.54 Å². The fourth-order valence-electron chi connectivity index (χ4n) is 2.05. The second kappa shape index (κ2) is 1.52. The fourth-order valence-corrected chi connectivity index (χ4v) is 2.05. The highest BCUT2D eigenvalue weighted by Crippen LogP contribution is 2.34. The minimum atomic E-state index is 0.0677. The van der Waals surface area contributed by atoms with E-state index in [1.807, 2.05) is 0 Å². The first-order chi connectivity index (χ1) is 5.36. The maximum Gasteiger partial charge on any atom is 0.337 e. The lowest BCUT2D eigenvalue weighted by Gasteiger charge is -2.20. The van der Waals surface area contributed by atoms with Gasteiger partial charge in [0.15, 0.2) is 0 Å². The molecule has 1 atom stereocenters. The molecule has 0 saturated carbocycles. The van der Waals surface area contributed by atoms with Gasteiger partial charge in [0.2, 0.25) is 0 Å². The predicted molar refractivity (Wildman–Crippen MR) is 38.2 cm³/mol. The number of urea groups is 1. The first kappa shape index (κ1) is 5.46. The van der Waals surface area contributed by atoms with E-state index in [0.717, 1.165) is 19.4 Å². The van der Waals surface area contributed by atoms with Crippen LogP contribution in [-0.4, -0.2) is 28.8 Å². The molecule has 0 aromatic rings. The van der Waals surface area contributed by atoms with Crippen LogP contribution in [0.1, 0.15) is 12.8 Å². The number of rotatable bonds is 0. The van der Waals surface area contributed by atoms with Gasteiger partial charge >= 0.3 is 6.03 Å². The third kappa shape index (κ3) is 0.492. The van der Waals surface area contributed by atoms with Crippen LogP contribution in [0.3, 0.4) is 0 Å². The average molecular weight is 151 g/mol. The molecule has 3 rings (SSSR count).